The van der Waals surface area contributed by atoms with Gasteiger partial charge in [0.2, 0.25) is 5.91 Å². The summed E-state index contributed by atoms with van der Waals surface area (Å²) in [6, 6.07) is 6.76. The fraction of sp³-hybridized carbons (Fsp3) is 0.333. The second-order valence-electron chi connectivity index (χ2n) is 7.54. The summed E-state index contributed by atoms with van der Waals surface area (Å²) in [6.07, 6.45) is 4.51. The zero-order valence-electron chi connectivity index (χ0n) is 17.0. The summed E-state index contributed by atoms with van der Waals surface area (Å²) in [5, 5.41) is 2.51. The summed E-state index contributed by atoms with van der Waals surface area (Å²) in [6.45, 7) is 3.33. The van der Waals surface area contributed by atoms with Crippen molar-refractivity contribution in [3.05, 3.63) is 53.4 Å². The number of carbonyl (C=O) groups is 1. The van der Waals surface area contributed by atoms with E-state index in [0.29, 0.717) is 10.7 Å². The number of rotatable bonds is 6. The molecule has 7 nitrogen and oxygen atoms in total. The maximum Gasteiger partial charge on any atom is 0.263 e. The average molecular weight is 463 g/mol. The van der Waals surface area contributed by atoms with E-state index in [1.54, 1.807) is 4.57 Å². The van der Waals surface area contributed by atoms with Gasteiger partial charge in [-0.1, -0.05) is 6.07 Å². The Bertz CT molecular complexity index is 1200. The van der Waals surface area contributed by atoms with Gasteiger partial charge in [-0.3, -0.25) is 9.52 Å². The SMILES string of the molecule is Cc1csc(-c2cc(S(=O)(=O)Nc3cccc(F)c3)cn2CC(=O)N2CCCCC2)n1. The van der Waals surface area contributed by atoms with Gasteiger partial charge in [0, 0.05) is 30.4 Å². The minimum Gasteiger partial charge on any atom is -0.341 e. The van der Waals surface area contributed by atoms with Crippen molar-refractivity contribution in [3.63, 3.8) is 0 Å². The van der Waals surface area contributed by atoms with Crippen molar-refractivity contribution in [2.75, 3.05) is 17.8 Å². The van der Waals surface area contributed by atoms with Gasteiger partial charge in [0.1, 0.15) is 22.3 Å². The van der Waals surface area contributed by atoms with Gasteiger partial charge >= 0.3 is 0 Å². The smallest absolute Gasteiger partial charge is 0.263 e. The van der Waals surface area contributed by atoms with Crippen molar-refractivity contribution < 1.29 is 17.6 Å². The Balaban J connectivity index is 1.66. The third-order valence-corrected chi connectivity index (χ3v) is 7.44. The van der Waals surface area contributed by atoms with Crippen LogP contribution in [0, 0.1) is 12.7 Å². The van der Waals surface area contributed by atoms with Crippen LogP contribution in [0.4, 0.5) is 10.1 Å². The lowest BCUT2D eigenvalue weighted by molar-refractivity contribution is -0.132. The number of piperidine rings is 1. The highest BCUT2D eigenvalue weighted by Crippen LogP contribution is 2.29. The maximum atomic E-state index is 13.5. The summed E-state index contributed by atoms with van der Waals surface area (Å²) in [5.41, 5.74) is 1.50. The summed E-state index contributed by atoms with van der Waals surface area (Å²) in [4.78, 5) is 19.1. The van der Waals surface area contributed by atoms with E-state index in [2.05, 4.69) is 9.71 Å². The summed E-state index contributed by atoms with van der Waals surface area (Å²) < 4.78 is 43.4. The number of anilines is 1. The molecule has 4 rings (SSSR count). The van der Waals surface area contributed by atoms with Crippen LogP contribution in [0.3, 0.4) is 0 Å². The first-order valence-corrected chi connectivity index (χ1v) is 12.4. The number of aryl methyl sites for hydroxylation is 1. The van der Waals surface area contributed by atoms with Gasteiger partial charge in [0.25, 0.3) is 10.0 Å². The molecule has 2 aromatic heterocycles. The molecule has 3 aromatic rings. The van der Waals surface area contributed by atoms with Crippen molar-refractivity contribution in [3.8, 4) is 10.7 Å². The molecule has 164 valence electrons. The van der Waals surface area contributed by atoms with Crippen LogP contribution in [0.25, 0.3) is 10.7 Å². The molecule has 1 aliphatic rings. The molecule has 0 aliphatic carbocycles. The third kappa shape index (κ3) is 4.96. The molecule has 10 heteroatoms. The summed E-state index contributed by atoms with van der Waals surface area (Å²) in [7, 11) is -3.98. The van der Waals surface area contributed by atoms with Crippen LogP contribution in [0.1, 0.15) is 25.0 Å². The van der Waals surface area contributed by atoms with Gasteiger partial charge in [0.15, 0.2) is 0 Å². The number of likely N-dealkylation sites (tertiary alicyclic amines) is 1. The van der Waals surface area contributed by atoms with Crippen LogP contribution in [0.2, 0.25) is 0 Å². The fourth-order valence-electron chi connectivity index (χ4n) is 3.57. The topological polar surface area (TPSA) is 84.3 Å². The summed E-state index contributed by atoms with van der Waals surface area (Å²) in [5.74, 6) is -0.587. The maximum absolute atomic E-state index is 13.5. The van der Waals surface area contributed by atoms with Crippen LogP contribution in [0.5, 0.6) is 0 Å². The van der Waals surface area contributed by atoms with Crippen molar-refractivity contribution in [2.24, 2.45) is 0 Å². The minimum absolute atomic E-state index is 0.00828. The molecule has 1 fully saturated rings. The Morgan fingerprint density at radius 3 is 2.68 bits per heavy atom. The first kappa shape index (κ1) is 21.5. The van der Waals surface area contributed by atoms with Crippen molar-refractivity contribution in [1.82, 2.24) is 14.5 Å². The zero-order valence-corrected chi connectivity index (χ0v) is 18.7. The molecular formula is C21H23FN4O3S2. The van der Waals surface area contributed by atoms with Gasteiger partial charge in [-0.05, 0) is 50.5 Å². The van der Waals surface area contributed by atoms with Gasteiger partial charge in [0.05, 0.1) is 11.4 Å². The van der Waals surface area contributed by atoms with Crippen LogP contribution in [-0.4, -0.2) is 41.9 Å². The molecule has 0 unspecified atom stereocenters. The fourth-order valence-corrected chi connectivity index (χ4v) is 5.48. The van der Waals surface area contributed by atoms with E-state index in [0.717, 1.165) is 44.1 Å². The summed E-state index contributed by atoms with van der Waals surface area (Å²) >= 11 is 1.39. The lowest BCUT2D eigenvalue weighted by atomic mass is 10.1. The Kier molecular flexibility index (Phi) is 6.10. The number of carbonyl (C=O) groups excluding carboxylic acids is 1. The Hall–Kier alpha value is -2.72. The number of halogens is 1. The van der Waals surface area contributed by atoms with Crippen LogP contribution < -0.4 is 4.72 Å². The van der Waals surface area contributed by atoms with Crippen LogP contribution in [-0.2, 0) is 21.4 Å². The van der Waals surface area contributed by atoms with Gasteiger partial charge < -0.3 is 9.47 Å². The molecule has 0 radical (unpaired) electrons. The largest absolute Gasteiger partial charge is 0.341 e. The highest BCUT2D eigenvalue weighted by Gasteiger charge is 2.24. The van der Waals surface area contributed by atoms with Crippen LogP contribution in [0.15, 0.2) is 46.8 Å². The standard InChI is InChI=1S/C21H23FN4O3S2/c1-15-14-30-21(23-15)19-11-18(31(28,29)24-17-7-5-6-16(22)10-17)12-26(19)13-20(27)25-8-3-2-4-9-25/h5-7,10-12,14,24H,2-4,8-9,13H2,1H3. The number of hydrogen-bond acceptors (Lipinski definition) is 5. The monoisotopic (exact) mass is 462 g/mol. The van der Waals surface area contributed by atoms with E-state index >= 15 is 0 Å². The molecule has 0 spiro atoms. The predicted octanol–water partition coefficient (Wildman–Crippen LogP) is 3.87. The Labute approximate surface area is 184 Å². The highest BCUT2D eigenvalue weighted by molar-refractivity contribution is 7.92. The number of amides is 1. The normalized spacial score (nSPS) is 14.6. The quantitative estimate of drug-likeness (QED) is 0.603. The molecule has 1 saturated heterocycles. The number of benzene rings is 1. The van der Waals surface area contributed by atoms with Crippen LogP contribution >= 0.6 is 11.3 Å². The lowest BCUT2D eigenvalue weighted by Crippen LogP contribution is -2.37. The van der Waals surface area contributed by atoms with E-state index in [1.807, 2.05) is 17.2 Å². The van der Waals surface area contributed by atoms with Crippen molar-refractivity contribution >= 4 is 33.0 Å². The van der Waals surface area contributed by atoms with Crippen molar-refractivity contribution in [1.29, 1.82) is 0 Å². The molecule has 0 saturated carbocycles. The molecule has 3 heterocycles. The third-order valence-electron chi connectivity index (χ3n) is 5.11. The molecule has 1 aromatic carbocycles. The molecule has 0 atom stereocenters. The number of aromatic nitrogens is 2. The second-order valence-corrected chi connectivity index (χ2v) is 10.1. The number of thiazole rings is 1. The van der Waals surface area contributed by atoms with E-state index in [1.165, 1.54) is 41.8 Å². The second kappa shape index (κ2) is 8.80. The van der Waals surface area contributed by atoms with E-state index < -0.39 is 15.8 Å². The molecule has 1 aliphatic heterocycles. The molecule has 1 N–H and O–H groups in total. The zero-order chi connectivity index (χ0) is 22.0. The van der Waals surface area contributed by atoms with Crippen molar-refractivity contribution in [2.45, 2.75) is 37.6 Å². The highest BCUT2D eigenvalue weighted by atomic mass is 32.2. The Morgan fingerprint density at radius 1 is 1.23 bits per heavy atom. The number of hydrogen-bond donors (Lipinski definition) is 1. The first-order chi connectivity index (χ1) is 14.8. The number of nitrogens with one attached hydrogen (secondary N) is 1. The van der Waals surface area contributed by atoms with E-state index in [-0.39, 0.29) is 23.0 Å². The molecular weight excluding hydrogens is 439 g/mol. The van der Waals surface area contributed by atoms with E-state index in [4.69, 9.17) is 0 Å². The number of nitrogens with zero attached hydrogens (tertiary/aromatic N) is 3. The van der Waals surface area contributed by atoms with Gasteiger partial charge in [-0.15, -0.1) is 11.3 Å². The first-order valence-electron chi connectivity index (χ1n) is 10.0. The Morgan fingerprint density at radius 2 is 2.00 bits per heavy atom. The van der Waals surface area contributed by atoms with Gasteiger partial charge in [-0.25, -0.2) is 17.8 Å². The van der Waals surface area contributed by atoms with E-state index in [9.17, 15) is 17.6 Å². The lowest BCUT2D eigenvalue weighted by Gasteiger charge is -2.27. The minimum atomic E-state index is -3.98. The van der Waals surface area contributed by atoms with Gasteiger partial charge in [-0.2, -0.15) is 0 Å². The molecule has 31 heavy (non-hydrogen) atoms. The number of sulfonamides is 1. The average Bonchev–Trinajstić information content (AvgIpc) is 3.35. The predicted molar refractivity (Wildman–Crippen MR) is 118 cm³/mol. The molecule has 1 amide bonds. The molecule has 0 bridgehead atoms.